The van der Waals surface area contributed by atoms with Crippen LogP contribution in [0.2, 0.25) is 0 Å². The third-order valence-electron chi connectivity index (χ3n) is 4.07. The zero-order valence-electron chi connectivity index (χ0n) is 13.1. The molecule has 5 heteroatoms. The molecule has 0 aliphatic carbocycles. The van der Waals surface area contributed by atoms with Gasteiger partial charge in [0.2, 0.25) is 0 Å². The van der Waals surface area contributed by atoms with Crippen LogP contribution in [-0.4, -0.2) is 28.2 Å². The Balaban J connectivity index is 1.46. The molecule has 22 heavy (non-hydrogen) atoms. The van der Waals surface area contributed by atoms with Crippen molar-refractivity contribution in [3.05, 3.63) is 41.7 Å². The number of ether oxygens (including phenoxy) is 2. The predicted molar refractivity (Wildman–Crippen MR) is 83.7 cm³/mol. The summed E-state index contributed by atoms with van der Waals surface area (Å²) in [5.74, 6) is 1.63. The van der Waals surface area contributed by atoms with Crippen molar-refractivity contribution in [3.63, 3.8) is 0 Å². The summed E-state index contributed by atoms with van der Waals surface area (Å²) >= 11 is 0. The fourth-order valence-corrected chi connectivity index (χ4v) is 2.73. The minimum atomic E-state index is 0.459. The van der Waals surface area contributed by atoms with Crippen molar-refractivity contribution >= 4 is 0 Å². The number of aryl methyl sites for hydroxylation is 2. The van der Waals surface area contributed by atoms with E-state index in [1.807, 2.05) is 29.1 Å². The van der Waals surface area contributed by atoms with Gasteiger partial charge in [0.05, 0.1) is 6.20 Å². The first-order chi connectivity index (χ1) is 10.8. The molecule has 0 amide bonds. The average molecular weight is 301 g/mol. The maximum Gasteiger partial charge on any atom is 0.134 e. The SMILES string of the molecule is Cc1cccc(OCc2cn(CCC3CCOCC3)nn2)c1. The number of rotatable bonds is 6. The first-order valence-electron chi connectivity index (χ1n) is 7.96. The highest BCUT2D eigenvalue weighted by Gasteiger charge is 2.14. The molecule has 0 N–H and O–H groups in total. The largest absolute Gasteiger partial charge is 0.487 e. The van der Waals surface area contributed by atoms with Gasteiger partial charge in [-0.2, -0.15) is 0 Å². The van der Waals surface area contributed by atoms with Crippen LogP contribution < -0.4 is 4.74 Å². The Kier molecular flexibility index (Phi) is 5.06. The van der Waals surface area contributed by atoms with Crippen LogP contribution in [0.4, 0.5) is 0 Å². The van der Waals surface area contributed by atoms with E-state index in [2.05, 4.69) is 23.3 Å². The Morgan fingerprint density at radius 3 is 3.00 bits per heavy atom. The first-order valence-corrected chi connectivity index (χ1v) is 7.96. The second-order valence-corrected chi connectivity index (χ2v) is 5.92. The molecule has 0 saturated carbocycles. The van der Waals surface area contributed by atoms with Crippen molar-refractivity contribution in [3.8, 4) is 5.75 Å². The molecule has 0 spiro atoms. The molecule has 0 bridgehead atoms. The minimum Gasteiger partial charge on any atom is -0.487 e. The summed E-state index contributed by atoms with van der Waals surface area (Å²) in [5.41, 5.74) is 2.06. The molecule has 3 rings (SSSR count). The molecule has 1 saturated heterocycles. The number of hydrogen-bond donors (Lipinski definition) is 0. The van der Waals surface area contributed by atoms with Crippen molar-refractivity contribution in [1.82, 2.24) is 15.0 Å². The second kappa shape index (κ2) is 7.40. The quantitative estimate of drug-likeness (QED) is 0.823. The van der Waals surface area contributed by atoms with Crippen molar-refractivity contribution in [2.75, 3.05) is 13.2 Å². The zero-order chi connectivity index (χ0) is 15.2. The van der Waals surface area contributed by atoms with Gasteiger partial charge in [0, 0.05) is 19.8 Å². The third kappa shape index (κ3) is 4.31. The summed E-state index contributed by atoms with van der Waals surface area (Å²) in [7, 11) is 0. The highest BCUT2D eigenvalue weighted by Crippen LogP contribution is 2.19. The normalized spacial score (nSPS) is 15.9. The lowest BCUT2D eigenvalue weighted by Gasteiger charge is -2.21. The fraction of sp³-hybridized carbons (Fsp3) is 0.529. The van der Waals surface area contributed by atoms with Crippen LogP contribution in [0.1, 0.15) is 30.5 Å². The van der Waals surface area contributed by atoms with Crippen LogP contribution in [-0.2, 0) is 17.9 Å². The molecule has 2 aromatic rings. The summed E-state index contributed by atoms with van der Waals surface area (Å²) in [4.78, 5) is 0. The molecule has 1 aromatic heterocycles. The Bertz CT molecular complexity index is 591. The number of benzene rings is 1. The van der Waals surface area contributed by atoms with Crippen molar-refractivity contribution < 1.29 is 9.47 Å². The van der Waals surface area contributed by atoms with Crippen LogP contribution in [0.15, 0.2) is 30.5 Å². The highest BCUT2D eigenvalue weighted by atomic mass is 16.5. The third-order valence-corrected chi connectivity index (χ3v) is 4.07. The summed E-state index contributed by atoms with van der Waals surface area (Å²) in [6.45, 7) is 5.23. The van der Waals surface area contributed by atoms with Gasteiger partial charge in [0.1, 0.15) is 18.1 Å². The lowest BCUT2D eigenvalue weighted by atomic mass is 9.97. The molecule has 1 fully saturated rings. The first kappa shape index (κ1) is 15.0. The van der Waals surface area contributed by atoms with E-state index in [0.717, 1.165) is 56.4 Å². The maximum atomic E-state index is 5.75. The molecule has 2 heterocycles. The molecule has 1 aliphatic rings. The van der Waals surface area contributed by atoms with Crippen molar-refractivity contribution in [1.29, 1.82) is 0 Å². The van der Waals surface area contributed by atoms with Crippen molar-refractivity contribution in [2.45, 2.75) is 39.3 Å². The minimum absolute atomic E-state index is 0.459. The van der Waals surface area contributed by atoms with Gasteiger partial charge in [0.25, 0.3) is 0 Å². The van der Waals surface area contributed by atoms with Gasteiger partial charge in [0.15, 0.2) is 0 Å². The molecule has 0 atom stereocenters. The van der Waals surface area contributed by atoms with Crippen molar-refractivity contribution in [2.24, 2.45) is 5.92 Å². The lowest BCUT2D eigenvalue weighted by molar-refractivity contribution is 0.0622. The smallest absolute Gasteiger partial charge is 0.134 e. The predicted octanol–water partition coefficient (Wildman–Crippen LogP) is 2.98. The highest BCUT2D eigenvalue weighted by molar-refractivity contribution is 5.27. The van der Waals surface area contributed by atoms with Gasteiger partial charge >= 0.3 is 0 Å². The van der Waals surface area contributed by atoms with E-state index in [4.69, 9.17) is 9.47 Å². The maximum absolute atomic E-state index is 5.75. The molecule has 1 aliphatic heterocycles. The van der Waals surface area contributed by atoms with Crippen LogP contribution >= 0.6 is 0 Å². The van der Waals surface area contributed by atoms with E-state index in [1.165, 1.54) is 5.56 Å². The second-order valence-electron chi connectivity index (χ2n) is 5.92. The molecular formula is C17H23N3O2. The summed E-state index contributed by atoms with van der Waals surface area (Å²) in [6, 6.07) is 8.03. The van der Waals surface area contributed by atoms with E-state index in [9.17, 15) is 0 Å². The average Bonchev–Trinajstić information content (AvgIpc) is 3.00. The molecular weight excluding hydrogens is 278 g/mol. The standard InChI is InChI=1S/C17H23N3O2/c1-14-3-2-4-17(11-14)22-13-16-12-20(19-18-16)8-5-15-6-9-21-10-7-15/h2-4,11-12,15H,5-10,13H2,1H3. The van der Waals surface area contributed by atoms with Crippen LogP contribution in [0.3, 0.4) is 0 Å². The molecule has 5 nitrogen and oxygen atoms in total. The number of aromatic nitrogens is 3. The monoisotopic (exact) mass is 301 g/mol. The summed E-state index contributed by atoms with van der Waals surface area (Å²) in [6.07, 6.45) is 5.45. The molecule has 0 unspecified atom stereocenters. The van der Waals surface area contributed by atoms with E-state index in [0.29, 0.717) is 6.61 Å². The Morgan fingerprint density at radius 2 is 2.18 bits per heavy atom. The van der Waals surface area contributed by atoms with Gasteiger partial charge < -0.3 is 9.47 Å². The van der Waals surface area contributed by atoms with E-state index in [-0.39, 0.29) is 0 Å². The van der Waals surface area contributed by atoms with E-state index in [1.54, 1.807) is 0 Å². The zero-order valence-corrected chi connectivity index (χ0v) is 13.1. The Hall–Kier alpha value is -1.88. The number of nitrogens with zero attached hydrogens (tertiary/aromatic N) is 3. The Labute approximate surface area is 131 Å². The van der Waals surface area contributed by atoms with Crippen LogP contribution in [0.5, 0.6) is 5.75 Å². The van der Waals surface area contributed by atoms with Crippen LogP contribution in [0, 0.1) is 12.8 Å². The molecule has 118 valence electrons. The van der Waals surface area contributed by atoms with E-state index >= 15 is 0 Å². The van der Waals surface area contributed by atoms with Gasteiger partial charge in [-0.15, -0.1) is 5.10 Å². The van der Waals surface area contributed by atoms with Gasteiger partial charge in [-0.3, -0.25) is 4.68 Å². The lowest BCUT2D eigenvalue weighted by Crippen LogP contribution is -2.17. The van der Waals surface area contributed by atoms with Gasteiger partial charge in [-0.05, 0) is 49.8 Å². The van der Waals surface area contributed by atoms with Crippen LogP contribution in [0.25, 0.3) is 0 Å². The molecule has 0 radical (unpaired) electrons. The topological polar surface area (TPSA) is 49.2 Å². The summed E-state index contributed by atoms with van der Waals surface area (Å²) in [5, 5.41) is 8.37. The summed E-state index contributed by atoms with van der Waals surface area (Å²) < 4.78 is 13.1. The van der Waals surface area contributed by atoms with Gasteiger partial charge in [-0.25, -0.2) is 0 Å². The fourth-order valence-electron chi connectivity index (χ4n) is 2.73. The number of hydrogen-bond acceptors (Lipinski definition) is 4. The van der Waals surface area contributed by atoms with E-state index < -0.39 is 0 Å². The Morgan fingerprint density at radius 1 is 1.32 bits per heavy atom. The van der Waals surface area contributed by atoms with Gasteiger partial charge in [-0.1, -0.05) is 17.3 Å². The molecule has 1 aromatic carbocycles.